The molecule has 1 aromatic carbocycles. The Hall–Kier alpha value is -2.44. The molecule has 1 aromatic rings. The molecule has 26 heavy (non-hydrogen) atoms. The molecule has 144 valence electrons. The van der Waals surface area contributed by atoms with Gasteiger partial charge in [0, 0.05) is 58.1 Å². The largest absolute Gasteiger partial charge is 0.497 e. The first-order valence-corrected chi connectivity index (χ1v) is 9.05. The van der Waals surface area contributed by atoms with Crippen LogP contribution in [0.2, 0.25) is 0 Å². The highest BCUT2D eigenvalue weighted by molar-refractivity contribution is 5.85. The second-order valence-corrected chi connectivity index (χ2v) is 6.90. The number of hydrogen-bond donors (Lipinski definition) is 1. The zero-order valence-corrected chi connectivity index (χ0v) is 16.5. The lowest BCUT2D eigenvalue weighted by atomic mass is 10.2. The summed E-state index contributed by atoms with van der Waals surface area (Å²) in [6.45, 7) is 7.82. The van der Waals surface area contributed by atoms with Crippen molar-refractivity contribution in [2.45, 2.75) is 19.9 Å². The minimum atomic E-state index is 0.00285. The monoisotopic (exact) mass is 361 g/mol. The van der Waals surface area contributed by atoms with Gasteiger partial charge in [-0.05, 0) is 26.0 Å². The molecule has 0 bridgehead atoms. The van der Waals surface area contributed by atoms with E-state index in [1.54, 1.807) is 26.1 Å². The van der Waals surface area contributed by atoms with Gasteiger partial charge in [-0.3, -0.25) is 4.79 Å². The van der Waals surface area contributed by atoms with E-state index in [1.165, 1.54) is 5.69 Å². The number of benzene rings is 1. The van der Waals surface area contributed by atoms with Gasteiger partial charge in [0.1, 0.15) is 12.3 Å². The van der Waals surface area contributed by atoms with E-state index in [-0.39, 0.29) is 18.5 Å². The van der Waals surface area contributed by atoms with Crippen LogP contribution in [-0.2, 0) is 4.79 Å². The van der Waals surface area contributed by atoms with Gasteiger partial charge in [0.15, 0.2) is 5.96 Å². The maximum atomic E-state index is 11.9. The molecule has 0 aliphatic carbocycles. The molecule has 1 aliphatic rings. The summed E-state index contributed by atoms with van der Waals surface area (Å²) >= 11 is 0. The maximum Gasteiger partial charge on any atom is 0.243 e. The fourth-order valence-corrected chi connectivity index (χ4v) is 2.76. The molecular weight excluding hydrogens is 330 g/mol. The van der Waals surface area contributed by atoms with Crippen LogP contribution in [0.1, 0.15) is 13.8 Å². The van der Waals surface area contributed by atoms with Crippen molar-refractivity contribution < 1.29 is 9.53 Å². The molecule has 1 aliphatic heterocycles. The molecule has 0 atom stereocenters. The molecule has 1 fully saturated rings. The number of carbonyl (C=O) groups excluding carboxylic acids is 1. The Morgan fingerprint density at radius 2 is 1.96 bits per heavy atom. The van der Waals surface area contributed by atoms with Crippen LogP contribution in [0.5, 0.6) is 5.75 Å². The van der Waals surface area contributed by atoms with Crippen molar-refractivity contribution in [3.63, 3.8) is 0 Å². The van der Waals surface area contributed by atoms with E-state index < -0.39 is 0 Å². The number of methoxy groups -OCH3 is 1. The number of nitrogens with zero attached hydrogens (tertiary/aromatic N) is 4. The van der Waals surface area contributed by atoms with Gasteiger partial charge in [-0.15, -0.1) is 0 Å². The van der Waals surface area contributed by atoms with Crippen LogP contribution in [0.15, 0.2) is 29.3 Å². The predicted molar refractivity (Wildman–Crippen MR) is 106 cm³/mol. The average molecular weight is 361 g/mol. The molecule has 2 rings (SSSR count). The second kappa shape index (κ2) is 9.31. The zero-order valence-electron chi connectivity index (χ0n) is 16.5. The van der Waals surface area contributed by atoms with E-state index in [4.69, 9.17) is 4.74 Å². The van der Waals surface area contributed by atoms with E-state index in [2.05, 4.69) is 46.1 Å². The van der Waals surface area contributed by atoms with E-state index in [1.807, 2.05) is 12.1 Å². The van der Waals surface area contributed by atoms with Crippen LogP contribution in [0.3, 0.4) is 0 Å². The van der Waals surface area contributed by atoms with E-state index >= 15 is 0 Å². The third-order valence-electron chi connectivity index (χ3n) is 4.28. The topological polar surface area (TPSA) is 60.4 Å². The lowest BCUT2D eigenvalue weighted by Crippen LogP contribution is -2.54. The number of nitrogens with one attached hydrogen (secondary N) is 1. The van der Waals surface area contributed by atoms with Crippen molar-refractivity contribution in [1.29, 1.82) is 0 Å². The Labute approximate surface area is 156 Å². The van der Waals surface area contributed by atoms with Crippen LogP contribution >= 0.6 is 0 Å². The number of amides is 1. The second-order valence-electron chi connectivity index (χ2n) is 6.90. The highest BCUT2D eigenvalue weighted by Crippen LogP contribution is 2.22. The molecule has 0 spiro atoms. The smallest absolute Gasteiger partial charge is 0.243 e. The molecule has 1 saturated heterocycles. The zero-order chi connectivity index (χ0) is 19.1. The summed E-state index contributed by atoms with van der Waals surface area (Å²) in [5, 5.41) is 3.38. The fourth-order valence-electron chi connectivity index (χ4n) is 2.76. The third kappa shape index (κ3) is 5.54. The molecule has 1 heterocycles. The minimum Gasteiger partial charge on any atom is -0.497 e. The summed E-state index contributed by atoms with van der Waals surface area (Å²) in [5.74, 6) is 1.68. The van der Waals surface area contributed by atoms with Crippen molar-refractivity contribution in [2.75, 3.05) is 58.8 Å². The lowest BCUT2D eigenvalue weighted by molar-refractivity contribution is -0.127. The molecule has 0 saturated carbocycles. The van der Waals surface area contributed by atoms with E-state index in [0.29, 0.717) is 0 Å². The number of aliphatic imine (C=N–C) groups is 1. The van der Waals surface area contributed by atoms with Gasteiger partial charge in [-0.2, -0.15) is 0 Å². The Morgan fingerprint density at radius 3 is 2.54 bits per heavy atom. The summed E-state index contributed by atoms with van der Waals surface area (Å²) in [6.07, 6.45) is 0. The molecule has 0 radical (unpaired) electrons. The van der Waals surface area contributed by atoms with Crippen LogP contribution < -0.4 is 15.0 Å². The highest BCUT2D eigenvalue weighted by atomic mass is 16.5. The van der Waals surface area contributed by atoms with Crippen molar-refractivity contribution in [1.82, 2.24) is 15.1 Å². The van der Waals surface area contributed by atoms with Crippen LogP contribution in [0.25, 0.3) is 0 Å². The molecule has 1 amide bonds. The Bertz CT molecular complexity index is 622. The fraction of sp³-hybridized carbons (Fsp3) is 0.579. The summed E-state index contributed by atoms with van der Waals surface area (Å²) in [6, 6.07) is 8.40. The summed E-state index contributed by atoms with van der Waals surface area (Å²) < 4.78 is 5.32. The number of ether oxygens (including phenoxy) is 1. The number of anilines is 1. The number of likely N-dealkylation sites (N-methyl/N-ethyl adjacent to an activating group) is 1. The highest BCUT2D eigenvalue weighted by Gasteiger charge is 2.21. The SMILES string of the molecule is COc1cccc(N2CCN(C(=NCC(=O)N(C)C)NC(C)C)CC2)c1. The molecule has 7 nitrogen and oxygen atoms in total. The maximum absolute atomic E-state index is 11.9. The van der Waals surface area contributed by atoms with Gasteiger partial charge < -0.3 is 24.8 Å². The Morgan fingerprint density at radius 1 is 1.27 bits per heavy atom. The van der Waals surface area contributed by atoms with Crippen molar-refractivity contribution >= 4 is 17.6 Å². The molecular formula is C19H31N5O2. The average Bonchev–Trinajstić information content (AvgIpc) is 2.64. The molecule has 1 N–H and O–H groups in total. The van der Waals surface area contributed by atoms with Gasteiger partial charge in [0.25, 0.3) is 0 Å². The van der Waals surface area contributed by atoms with Gasteiger partial charge in [-0.1, -0.05) is 6.07 Å². The van der Waals surface area contributed by atoms with E-state index in [0.717, 1.165) is 37.9 Å². The molecule has 0 aromatic heterocycles. The van der Waals surface area contributed by atoms with E-state index in [9.17, 15) is 4.79 Å². The summed E-state index contributed by atoms with van der Waals surface area (Å²) in [5.41, 5.74) is 1.17. The van der Waals surface area contributed by atoms with Gasteiger partial charge >= 0.3 is 0 Å². The first-order chi connectivity index (χ1) is 12.4. The number of rotatable bonds is 5. The van der Waals surface area contributed by atoms with Crippen molar-refractivity contribution in [2.24, 2.45) is 4.99 Å². The Balaban J connectivity index is 2.01. The van der Waals surface area contributed by atoms with Crippen molar-refractivity contribution in [3.8, 4) is 5.75 Å². The number of guanidine groups is 1. The number of carbonyl (C=O) groups is 1. The van der Waals surface area contributed by atoms with Crippen LogP contribution in [0, 0.1) is 0 Å². The lowest BCUT2D eigenvalue weighted by Gasteiger charge is -2.38. The molecule has 7 heteroatoms. The number of piperazine rings is 1. The van der Waals surface area contributed by atoms with Crippen molar-refractivity contribution in [3.05, 3.63) is 24.3 Å². The predicted octanol–water partition coefficient (Wildman–Crippen LogP) is 1.26. The summed E-state index contributed by atoms with van der Waals surface area (Å²) in [7, 11) is 5.19. The third-order valence-corrected chi connectivity index (χ3v) is 4.28. The first kappa shape index (κ1) is 19.9. The van der Waals surface area contributed by atoms with Crippen LogP contribution in [0.4, 0.5) is 5.69 Å². The first-order valence-electron chi connectivity index (χ1n) is 9.05. The number of hydrogen-bond acceptors (Lipinski definition) is 4. The Kier molecular flexibility index (Phi) is 7.12. The molecule has 0 unspecified atom stereocenters. The van der Waals surface area contributed by atoms with Crippen LogP contribution in [-0.4, -0.2) is 81.6 Å². The summed E-state index contributed by atoms with van der Waals surface area (Å²) in [4.78, 5) is 22.5. The van der Waals surface area contributed by atoms with Gasteiger partial charge in [-0.25, -0.2) is 4.99 Å². The van der Waals surface area contributed by atoms with Gasteiger partial charge in [0.2, 0.25) is 5.91 Å². The standard InChI is InChI=1S/C19H31N5O2/c1-15(2)21-19(20-14-18(25)22(3)4)24-11-9-23(10-12-24)16-7-6-8-17(13-16)26-5/h6-8,13,15H,9-12,14H2,1-5H3,(H,20,21). The normalized spacial score (nSPS) is 15.2. The quantitative estimate of drug-likeness (QED) is 0.632. The minimum absolute atomic E-state index is 0.00285. The van der Waals surface area contributed by atoms with Gasteiger partial charge in [0.05, 0.1) is 7.11 Å².